The van der Waals surface area contributed by atoms with Gasteiger partial charge in [0.2, 0.25) is 5.95 Å². The zero-order chi connectivity index (χ0) is 14.5. The Morgan fingerprint density at radius 2 is 1.76 bits per heavy atom. The molecule has 1 aliphatic rings. The van der Waals surface area contributed by atoms with Gasteiger partial charge < -0.3 is 4.90 Å². The second kappa shape index (κ2) is 6.87. The quantitative estimate of drug-likeness (QED) is 0.813. The molecule has 1 fully saturated rings. The minimum atomic E-state index is 0.434. The minimum Gasteiger partial charge on any atom is -0.338 e. The second-order valence-electron chi connectivity index (χ2n) is 5.23. The van der Waals surface area contributed by atoms with Gasteiger partial charge in [-0.15, -0.1) is 11.6 Å². The predicted molar refractivity (Wildman–Crippen MR) is 85.5 cm³/mol. The number of piperazine rings is 1. The van der Waals surface area contributed by atoms with Crippen molar-refractivity contribution in [3.05, 3.63) is 53.9 Å². The maximum Gasteiger partial charge on any atom is 0.225 e. The number of benzene rings is 1. The number of aromatic nitrogens is 2. The van der Waals surface area contributed by atoms with Crippen LogP contribution in [-0.2, 0) is 12.4 Å². The highest BCUT2D eigenvalue weighted by molar-refractivity contribution is 6.16. The Morgan fingerprint density at radius 1 is 1.00 bits per heavy atom. The van der Waals surface area contributed by atoms with Gasteiger partial charge in [0.15, 0.2) is 0 Å². The van der Waals surface area contributed by atoms with Gasteiger partial charge in [0, 0.05) is 38.9 Å². The van der Waals surface area contributed by atoms with Crippen LogP contribution in [-0.4, -0.2) is 41.0 Å². The highest BCUT2D eigenvalue weighted by atomic mass is 35.5. The van der Waals surface area contributed by atoms with E-state index in [1.165, 1.54) is 5.56 Å². The van der Waals surface area contributed by atoms with E-state index >= 15 is 0 Å². The minimum absolute atomic E-state index is 0.434. The summed E-state index contributed by atoms with van der Waals surface area (Å²) in [4.78, 5) is 13.5. The van der Waals surface area contributed by atoms with Crippen molar-refractivity contribution >= 4 is 17.5 Å². The molecular formula is C16H19ClN4. The number of halogens is 1. The first-order valence-corrected chi connectivity index (χ1v) is 7.78. The summed E-state index contributed by atoms with van der Waals surface area (Å²) in [6.07, 6.45) is 1.79. The van der Waals surface area contributed by atoms with Gasteiger partial charge in [-0.1, -0.05) is 30.3 Å². The first-order valence-electron chi connectivity index (χ1n) is 7.24. The van der Waals surface area contributed by atoms with Gasteiger partial charge in [0.05, 0.1) is 11.6 Å². The second-order valence-corrected chi connectivity index (χ2v) is 5.50. The lowest BCUT2D eigenvalue weighted by Crippen LogP contribution is -2.46. The van der Waals surface area contributed by atoms with Crippen LogP contribution in [0.25, 0.3) is 0 Å². The molecule has 0 unspecified atom stereocenters. The van der Waals surface area contributed by atoms with Crippen LogP contribution in [0.5, 0.6) is 0 Å². The maximum absolute atomic E-state index is 5.83. The van der Waals surface area contributed by atoms with Crippen molar-refractivity contribution < 1.29 is 0 Å². The van der Waals surface area contributed by atoms with Crippen molar-refractivity contribution in [2.75, 3.05) is 31.1 Å². The number of alkyl halides is 1. The lowest BCUT2D eigenvalue weighted by molar-refractivity contribution is 0.248. The van der Waals surface area contributed by atoms with E-state index < -0.39 is 0 Å². The van der Waals surface area contributed by atoms with Gasteiger partial charge in [-0.25, -0.2) is 9.97 Å². The molecule has 21 heavy (non-hydrogen) atoms. The third kappa shape index (κ3) is 3.71. The number of anilines is 1. The fraction of sp³-hybridized carbons (Fsp3) is 0.375. The molecule has 2 aromatic rings. The number of hydrogen-bond donors (Lipinski definition) is 0. The monoisotopic (exact) mass is 302 g/mol. The molecule has 1 aliphatic heterocycles. The fourth-order valence-electron chi connectivity index (χ4n) is 2.56. The van der Waals surface area contributed by atoms with Crippen molar-refractivity contribution in [2.45, 2.75) is 12.4 Å². The summed E-state index contributed by atoms with van der Waals surface area (Å²) >= 11 is 5.83. The van der Waals surface area contributed by atoms with Crippen LogP contribution in [0.4, 0.5) is 5.95 Å². The van der Waals surface area contributed by atoms with Gasteiger partial charge in [0.25, 0.3) is 0 Å². The van der Waals surface area contributed by atoms with Gasteiger partial charge in [-0.05, 0) is 11.6 Å². The summed E-state index contributed by atoms with van der Waals surface area (Å²) < 4.78 is 0. The molecule has 2 heterocycles. The fourth-order valence-corrected chi connectivity index (χ4v) is 2.71. The van der Waals surface area contributed by atoms with Crippen LogP contribution in [0.3, 0.4) is 0 Å². The van der Waals surface area contributed by atoms with E-state index in [0.29, 0.717) is 5.88 Å². The molecule has 0 bridgehead atoms. The Balaban J connectivity index is 1.57. The Hall–Kier alpha value is -1.65. The molecule has 1 saturated heterocycles. The standard InChI is InChI=1S/C16H19ClN4/c17-12-15-6-7-18-16(19-15)21-10-8-20(9-11-21)13-14-4-2-1-3-5-14/h1-7H,8-13H2. The van der Waals surface area contributed by atoms with Crippen molar-refractivity contribution in [1.29, 1.82) is 0 Å². The SMILES string of the molecule is ClCc1ccnc(N2CCN(Cc3ccccc3)CC2)n1. The largest absolute Gasteiger partial charge is 0.338 e. The summed E-state index contributed by atoms with van der Waals surface area (Å²) in [5.41, 5.74) is 2.25. The lowest BCUT2D eigenvalue weighted by atomic mass is 10.2. The molecular weight excluding hydrogens is 284 g/mol. The summed E-state index contributed by atoms with van der Waals surface area (Å²) in [5.74, 6) is 1.23. The molecule has 1 aromatic heterocycles. The van der Waals surface area contributed by atoms with Crippen molar-refractivity contribution in [3.63, 3.8) is 0 Å². The molecule has 0 atom stereocenters. The predicted octanol–water partition coefficient (Wildman–Crippen LogP) is 2.54. The molecule has 1 aromatic carbocycles. The molecule has 4 nitrogen and oxygen atoms in total. The molecule has 110 valence electrons. The zero-order valence-electron chi connectivity index (χ0n) is 12.0. The van der Waals surface area contributed by atoms with E-state index in [0.717, 1.165) is 44.4 Å². The molecule has 0 saturated carbocycles. The summed E-state index contributed by atoms with van der Waals surface area (Å²) in [5, 5.41) is 0. The smallest absolute Gasteiger partial charge is 0.225 e. The van der Waals surface area contributed by atoms with Gasteiger partial charge in [-0.2, -0.15) is 0 Å². The molecule has 0 aliphatic carbocycles. The van der Waals surface area contributed by atoms with E-state index in [9.17, 15) is 0 Å². The molecule has 3 rings (SSSR count). The summed E-state index contributed by atoms with van der Waals surface area (Å²) in [6.45, 7) is 4.99. The van der Waals surface area contributed by atoms with Crippen LogP contribution in [0.1, 0.15) is 11.3 Å². The third-order valence-corrected chi connectivity index (χ3v) is 4.02. The average Bonchev–Trinajstić information content (AvgIpc) is 2.56. The molecule has 0 radical (unpaired) electrons. The third-order valence-electron chi connectivity index (χ3n) is 3.74. The Kier molecular flexibility index (Phi) is 4.68. The lowest BCUT2D eigenvalue weighted by Gasteiger charge is -2.34. The van der Waals surface area contributed by atoms with Crippen LogP contribution in [0.2, 0.25) is 0 Å². The van der Waals surface area contributed by atoms with Crippen LogP contribution < -0.4 is 4.90 Å². The summed E-state index contributed by atoms with van der Waals surface area (Å²) in [7, 11) is 0. The average molecular weight is 303 g/mol. The Labute approximate surface area is 130 Å². The first kappa shape index (κ1) is 14.3. The highest BCUT2D eigenvalue weighted by Crippen LogP contribution is 2.14. The number of rotatable bonds is 4. The van der Waals surface area contributed by atoms with Crippen molar-refractivity contribution in [3.8, 4) is 0 Å². The Bertz CT molecular complexity index is 567. The van der Waals surface area contributed by atoms with E-state index in [1.807, 2.05) is 6.07 Å². The number of nitrogens with zero attached hydrogens (tertiary/aromatic N) is 4. The molecule has 5 heteroatoms. The van der Waals surface area contributed by atoms with Gasteiger partial charge in [0.1, 0.15) is 0 Å². The number of hydrogen-bond acceptors (Lipinski definition) is 4. The molecule has 0 N–H and O–H groups in total. The topological polar surface area (TPSA) is 32.3 Å². The van der Waals surface area contributed by atoms with E-state index in [4.69, 9.17) is 11.6 Å². The highest BCUT2D eigenvalue weighted by Gasteiger charge is 2.19. The molecule has 0 amide bonds. The van der Waals surface area contributed by atoms with E-state index in [-0.39, 0.29) is 0 Å². The van der Waals surface area contributed by atoms with Crippen molar-refractivity contribution in [1.82, 2.24) is 14.9 Å². The zero-order valence-corrected chi connectivity index (χ0v) is 12.7. The van der Waals surface area contributed by atoms with Crippen LogP contribution in [0, 0.1) is 0 Å². The summed E-state index contributed by atoms with van der Waals surface area (Å²) in [6, 6.07) is 12.5. The normalized spacial score (nSPS) is 16.1. The first-order chi connectivity index (χ1) is 10.3. The van der Waals surface area contributed by atoms with E-state index in [1.54, 1.807) is 6.20 Å². The van der Waals surface area contributed by atoms with Gasteiger partial charge >= 0.3 is 0 Å². The van der Waals surface area contributed by atoms with Crippen LogP contribution >= 0.6 is 11.6 Å². The Morgan fingerprint density at radius 3 is 2.48 bits per heavy atom. The van der Waals surface area contributed by atoms with Crippen LogP contribution in [0.15, 0.2) is 42.6 Å². The maximum atomic E-state index is 5.83. The van der Waals surface area contributed by atoms with Gasteiger partial charge in [-0.3, -0.25) is 4.90 Å². The van der Waals surface area contributed by atoms with E-state index in [2.05, 4.69) is 50.1 Å². The van der Waals surface area contributed by atoms with Crippen molar-refractivity contribution in [2.24, 2.45) is 0 Å². The molecule has 0 spiro atoms.